The molecule has 0 saturated carbocycles. The van der Waals surface area contributed by atoms with E-state index in [4.69, 9.17) is 15.2 Å². The second-order valence-corrected chi connectivity index (χ2v) is 4.26. The van der Waals surface area contributed by atoms with Crippen molar-refractivity contribution in [1.82, 2.24) is 4.90 Å². The molecule has 0 bridgehead atoms. The molecule has 1 unspecified atom stereocenters. The molecule has 0 spiro atoms. The molecule has 1 aliphatic rings. The highest BCUT2D eigenvalue weighted by molar-refractivity contribution is 5.68. The van der Waals surface area contributed by atoms with Crippen molar-refractivity contribution in [3.05, 3.63) is 35.9 Å². The molecule has 1 aromatic rings. The van der Waals surface area contributed by atoms with Gasteiger partial charge in [0.1, 0.15) is 0 Å². The van der Waals surface area contributed by atoms with Gasteiger partial charge in [0, 0.05) is 13.1 Å². The number of benzene rings is 1. The maximum atomic E-state index is 11.4. The number of nitrogens with two attached hydrogens (primary N) is 1. The van der Waals surface area contributed by atoms with Gasteiger partial charge >= 0.3 is 6.09 Å². The summed E-state index contributed by atoms with van der Waals surface area (Å²) in [6.07, 6.45) is -0.0200. The van der Waals surface area contributed by atoms with Crippen LogP contribution in [0.2, 0.25) is 0 Å². The standard InChI is InChI=1S/C13H18N2O3/c14-12(18-13(16)15-7-4-8-15)10-17-9-11-5-2-1-3-6-11/h1-3,5-6,12H,4,7-10,14H2. The quantitative estimate of drug-likeness (QED) is 0.801. The second-order valence-electron chi connectivity index (χ2n) is 4.26. The summed E-state index contributed by atoms with van der Waals surface area (Å²) in [4.78, 5) is 13.1. The zero-order chi connectivity index (χ0) is 12.8. The van der Waals surface area contributed by atoms with Crippen LogP contribution in [0, 0.1) is 0 Å². The molecule has 0 radical (unpaired) electrons. The number of ether oxygens (including phenoxy) is 2. The average Bonchev–Trinajstić information content (AvgIpc) is 2.27. The highest BCUT2D eigenvalue weighted by Crippen LogP contribution is 2.08. The SMILES string of the molecule is NC(COCc1ccccc1)OC(=O)N1CCC1. The molecule has 1 heterocycles. The maximum absolute atomic E-state index is 11.4. The maximum Gasteiger partial charge on any atom is 0.411 e. The van der Waals surface area contributed by atoms with E-state index in [2.05, 4.69) is 0 Å². The van der Waals surface area contributed by atoms with Gasteiger partial charge in [0.05, 0.1) is 13.2 Å². The fourth-order valence-electron chi connectivity index (χ4n) is 1.60. The Hall–Kier alpha value is -1.59. The predicted octanol–water partition coefficient (Wildman–Crippen LogP) is 1.33. The summed E-state index contributed by atoms with van der Waals surface area (Å²) in [5, 5.41) is 0. The van der Waals surface area contributed by atoms with Gasteiger partial charge in [0.2, 0.25) is 0 Å². The van der Waals surface area contributed by atoms with E-state index < -0.39 is 6.23 Å². The van der Waals surface area contributed by atoms with Crippen LogP contribution in [0.15, 0.2) is 30.3 Å². The molecule has 0 aliphatic carbocycles. The van der Waals surface area contributed by atoms with E-state index in [1.165, 1.54) is 0 Å². The van der Waals surface area contributed by atoms with Crippen LogP contribution in [-0.4, -0.2) is 36.9 Å². The van der Waals surface area contributed by atoms with Crippen LogP contribution in [0.5, 0.6) is 0 Å². The van der Waals surface area contributed by atoms with Crippen LogP contribution in [-0.2, 0) is 16.1 Å². The summed E-state index contributed by atoms with van der Waals surface area (Å²) in [7, 11) is 0. The third kappa shape index (κ3) is 3.72. The van der Waals surface area contributed by atoms with Crippen LogP contribution in [0.4, 0.5) is 4.79 Å². The number of amides is 1. The van der Waals surface area contributed by atoms with Crippen LogP contribution < -0.4 is 5.73 Å². The minimum atomic E-state index is -0.707. The number of carbonyl (C=O) groups is 1. The highest BCUT2D eigenvalue weighted by Gasteiger charge is 2.23. The summed E-state index contributed by atoms with van der Waals surface area (Å²) in [5.74, 6) is 0. The topological polar surface area (TPSA) is 64.8 Å². The van der Waals surface area contributed by atoms with Crippen molar-refractivity contribution in [3.63, 3.8) is 0 Å². The number of carbonyl (C=O) groups excluding carboxylic acids is 1. The van der Waals surface area contributed by atoms with E-state index in [0.717, 1.165) is 25.1 Å². The van der Waals surface area contributed by atoms with Crippen LogP contribution in [0.1, 0.15) is 12.0 Å². The van der Waals surface area contributed by atoms with Gasteiger partial charge in [0.15, 0.2) is 6.23 Å². The number of likely N-dealkylation sites (tertiary alicyclic amines) is 1. The molecule has 98 valence electrons. The molecule has 1 amide bonds. The fourth-order valence-corrected chi connectivity index (χ4v) is 1.60. The molecule has 1 fully saturated rings. The Morgan fingerprint density at radius 2 is 2.06 bits per heavy atom. The van der Waals surface area contributed by atoms with Gasteiger partial charge in [-0.3, -0.25) is 5.73 Å². The first-order valence-electron chi connectivity index (χ1n) is 6.08. The van der Waals surface area contributed by atoms with Crippen molar-refractivity contribution in [1.29, 1.82) is 0 Å². The van der Waals surface area contributed by atoms with Gasteiger partial charge in [-0.2, -0.15) is 0 Å². The molecule has 1 aliphatic heterocycles. The van der Waals surface area contributed by atoms with E-state index in [0.29, 0.717) is 6.61 Å². The lowest BCUT2D eigenvalue weighted by Gasteiger charge is -2.30. The van der Waals surface area contributed by atoms with E-state index in [9.17, 15) is 4.79 Å². The fraction of sp³-hybridized carbons (Fsp3) is 0.462. The van der Waals surface area contributed by atoms with Crippen LogP contribution in [0.3, 0.4) is 0 Å². The number of rotatable bonds is 5. The van der Waals surface area contributed by atoms with Crippen molar-refractivity contribution in [2.45, 2.75) is 19.3 Å². The Balaban J connectivity index is 1.62. The van der Waals surface area contributed by atoms with Crippen LogP contribution >= 0.6 is 0 Å². The summed E-state index contributed by atoms with van der Waals surface area (Å²) in [6.45, 7) is 2.19. The third-order valence-corrected chi connectivity index (χ3v) is 2.76. The van der Waals surface area contributed by atoms with Crippen LogP contribution in [0.25, 0.3) is 0 Å². The van der Waals surface area contributed by atoms with Crippen molar-refractivity contribution >= 4 is 6.09 Å². The summed E-state index contributed by atoms with van der Waals surface area (Å²) >= 11 is 0. The lowest BCUT2D eigenvalue weighted by atomic mass is 10.2. The molecule has 5 nitrogen and oxygen atoms in total. The molecule has 1 atom stereocenters. The van der Waals surface area contributed by atoms with Crippen molar-refractivity contribution in [2.75, 3.05) is 19.7 Å². The zero-order valence-electron chi connectivity index (χ0n) is 10.2. The first kappa shape index (κ1) is 12.9. The first-order chi connectivity index (χ1) is 8.75. The Morgan fingerprint density at radius 1 is 1.33 bits per heavy atom. The summed E-state index contributed by atoms with van der Waals surface area (Å²) < 4.78 is 10.4. The monoisotopic (exact) mass is 250 g/mol. The second kappa shape index (κ2) is 6.37. The number of nitrogens with zero attached hydrogens (tertiary/aromatic N) is 1. The van der Waals surface area contributed by atoms with Gasteiger partial charge < -0.3 is 14.4 Å². The van der Waals surface area contributed by atoms with Gasteiger partial charge in [-0.15, -0.1) is 0 Å². The van der Waals surface area contributed by atoms with E-state index in [1.807, 2.05) is 30.3 Å². The van der Waals surface area contributed by atoms with Crippen molar-refractivity contribution in [3.8, 4) is 0 Å². The minimum Gasteiger partial charge on any atom is -0.428 e. The number of hydrogen-bond acceptors (Lipinski definition) is 4. The Bertz CT molecular complexity index is 379. The molecule has 18 heavy (non-hydrogen) atoms. The molecular weight excluding hydrogens is 232 g/mol. The highest BCUT2D eigenvalue weighted by atomic mass is 16.6. The normalized spacial score (nSPS) is 15.9. The van der Waals surface area contributed by atoms with Gasteiger partial charge in [-0.1, -0.05) is 30.3 Å². The predicted molar refractivity (Wildman–Crippen MR) is 66.7 cm³/mol. The summed E-state index contributed by atoms with van der Waals surface area (Å²) in [5.41, 5.74) is 6.73. The smallest absolute Gasteiger partial charge is 0.411 e. The van der Waals surface area contributed by atoms with Gasteiger partial charge in [-0.05, 0) is 12.0 Å². The Kier molecular flexibility index (Phi) is 4.55. The third-order valence-electron chi connectivity index (χ3n) is 2.76. The van der Waals surface area contributed by atoms with E-state index in [1.54, 1.807) is 4.90 Å². The lowest BCUT2D eigenvalue weighted by Crippen LogP contribution is -2.45. The van der Waals surface area contributed by atoms with Gasteiger partial charge in [0.25, 0.3) is 0 Å². The molecule has 2 N–H and O–H groups in total. The molecule has 0 aromatic heterocycles. The minimum absolute atomic E-state index is 0.203. The number of hydrogen-bond donors (Lipinski definition) is 1. The molecule has 5 heteroatoms. The van der Waals surface area contributed by atoms with E-state index >= 15 is 0 Å². The largest absolute Gasteiger partial charge is 0.428 e. The van der Waals surface area contributed by atoms with Crippen molar-refractivity contribution in [2.24, 2.45) is 5.73 Å². The molecule has 2 rings (SSSR count). The first-order valence-corrected chi connectivity index (χ1v) is 6.08. The van der Waals surface area contributed by atoms with Gasteiger partial charge in [-0.25, -0.2) is 4.79 Å². The molecular formula is C13H18N2O3. The van der Waals surface area contributed by atoms with E-state index in [-0.39, 0.29) is 12.7 Å². The zero-order valence-corrected chi connectivity index (χ0v) is 10.2. The molecule has 1 saturated heterocycles. The Labute approximate surface area is 106 Å². The van der Waals surface area contributed by atoms with Crippen molar-refractivity contribution < 1.29 is 14.3 Å². The summed E-state index contributed by atoms with van der Waals surface area (Å²) in [6, 6.07) is 9.78. The molecule has 1 aromatic carbocycles. The Morgan fingerprint density at radius 3 is 2.67 bits per heavy atom. The lowest BCUT2D eigenvalue weighted by molar-refractivity contribution is -0.00405. The average molecular weight is 250 g/mol.